The first-order chi connectivity index (χ1) is 17.0. The summed E-state index contributed by atoms with van der Waals surface area (Å²) < 4.78 is 33.4. The summed E-state index contributed by atoms with van der Waals surface area (Å²) >= 11 is 0. The summed E-state index contributed by atoms with van der Waals surface area (Å²) in [5.74, 6) is 0. The molecule has 3 aromatic rings. The monoisotopic (exact) mass is 528 g/mol. The van der Waals surface area contributed by atoms with Gasteiger partial charge in [-0.2, -0.15) is 0 Å². The highest BCUT2D eigenvalue weighted by Crippen LogP contribution is 2.38. The molecule has 0 aromatic heterocycles. The maximum absolute atomic E-state index is 5.57. The quantitative estimate of drug-likeness (QED) is 0.260. The smallest absolute Gasteiger partial charge is 0.355 e. The molecular weight excluding hydrogens is 493 g/mol. The van der Waals surface area contributed by atoms with Gasteiger partial charge in [0.05, 0.1) is 0 Å². The van der Waals surface area contributed by atoms with Gasteiger partial charge in [-0.15, -0.1) is 0 Å². The van der Waals surface area contributed by atoms with Crippen molar-refractivity contribution in [1.29, 1.82) is 0 Å². The van der Waals surface area contributed by atoms with Crippen molar-refractivity contribution in [3.05, 3.63) is 89.5 Å². The molecule has 0 amide bonds. The number of benzene rings is 3. The second-order valence-electron chi connectivity index (χ2n) is 8.40. The van der Waals surface area contributed by atoms with Gasteiger partial charge in [0.15, 0.2) is 0 Å². The lowest BCUT2D eigenvalue weighted by atomic mass is 9.71. The number of rotatable bonds is 12. The highest BCUT2D eigenvalue weighted by Gasteiger charge is 2.32. The fourth-order valence-corrected chi connectivity index (χ4v) is 8.26. The van der Waals surface area contributed by atoms with Crippen molar-refractivity contribution in [1.82, 2.24) is 0 Å². The van der Waals surface area contributed by atoms with Crippen LogP contribution in [0, 0.1) is 0 Å². The predicted molar refractivity (Wildman–Crippen MR) is 147 cm³/mol. The molecule has 0 aliphatic carbocycles. The molecule has 0 aliphatic rings. The molecule has 0 spiro atoms. The molecule has 35 heavy (non-hydrogen) atoms. The van der Waals surface area contributed by atoms with Crippen LogP contribution in [0.3, 0.4) is 0 Å². The van der Waals surface area contributed by atoms with Crippen molar-refractivity contribution in [2.24, 2.45) is 0 Å². The van der Waals surface area contributed by atoms with Gasteiger partial charge in [0.2, 0.25) is 0 Å². The fourth-order valence-electron chi connectivity index (χ4n) is 4.53. The molecule has 0 fully saturated rings. The number of hydrogen-bond acceptors (Lipinski definition) is 6. The van der Waals surface area contributed by atoms with Gasteiger partial charge < -0.3 is 26.6 Å². The predicted octanol–water partition coefficient (Wildman–Crippen LogP) is 1.20. The molecule has 0 aliphatic heterocycles. The van der Waals surface area contributed by atoms with E-state index < -0.39 is 27.9 Å². The van der Waals surface area contributed by atoms with Crippen LogP contribution in [-0.4, -0.2) is 70.5 Å². The van der Waals surface area contributed by atoms with Crippen LogP contribution in [-0.2, 0) is 32.0 Å². The second-order valence-corrected chi connectivity index (χ2v) is 15.2. The zero-order chi connectivity index (χ0) is 25.4. The highest BCUT2D eigenvalue weighted by atomic mass is 28.3. The van der Waals surface area contributed by atoms with Gasteiger partial charge in [-0.25, -0.2) is 0 Å². The van der Waals surface area contributed by atoms with E-state index in [-0.39, 0.29) is 5.41 Å². The van der Waals surface area contributed by atoms with Crippen LogP contribution in [0.1, 0.15) is 23.6 Å². The number of hydrogen-bond donors (Lipinski definition) is 0. The first kappa shape index (κ1) is 27.7. The standard InChI is InChI=1S/C26H36O6Si3/c1-26(20-8-14-23(15-9-20)33(27-2)28-3,21-10-16-24(17-11-21)34(29-4)30-5)22-12-18-25(19-13-22)35(31-6)32-7/h8-19,33-35H,1-7H3. The van der Waals surface area contributed by atoms with E-state index in [1.807, 2.05) is 0 Å². The minimum atomic E-state index is -1.87. The molecule has 3 aromatic carbocycles. The molecule has 3 rings (SSSR count). The Balaban J connectivity index is 2.10. The molecule has 0 N–H and O–H groups in total. The van der Waals surface area contributed by atoms with Crippen LogP contribution in [0.25, 0.3) is 0 Å². The van der Waals surface area contributed by atoms with Crippen LogP contribution in [0.15, 0.2) is 72.8 Å². The summed E-state index contributed by atoms with van der Waals surface area (Å²) in [6.07, 6.45) is 0. The van der Waals surface area contributed by atoms with Gasteiger partial charge in [0.1, 0.15) is 0 Å². The minimum absolute atomic E-state index is 0.388. The topological polar surface area (TPSA) is 55.4 Å². The third-order valence-corrected chi connectivity index (χ3v) is 11.9. The Hall–Kier alpha value is -1.93. The molecule has 0 bridgehead atoms. The van der Waals surface area contributed by atoms with Gasteiger partial charge in [-0.3, -0.25) is 0 Å². The van der Waals surface area contributed by atoms with Crippen LogP contribution in [0.4, 0.5) is 0 Å². The van der Waals surface area contributed by atoms with Gasteiger partial charge >= 0.3 is 27.9 Å². The Morgan fingerprint density at radius 3 is 0.771 bits per heavy atom. The van der Waals surface area contributed by atoms with Crippen molar-refractivity contribution in [3.63, 3.8) is 0 Å². The van der Waals surface area contributed by atoms with E-state index in [0.717, 1.165) is 15.6 Å². The maximum atomic E-state index is 5.57. The summed E-state index contributed by atoms with van der Waals surface area (Å²) in [5.41, 5.74) is 3.16. The fraction of sp³-hybridized carbons (Fsp3) is 0.308. The summed E-state index contributed by atoms with van der Waals surface area (Å²) in [6, 6.07) is 25.8. The van der Waals surface area contributed by atoms with E-state index in [2.05, 4.69) is 79.7 Å². The van der Waals surface area contributed by atoms with E-state index in [1.165, 1.54) is 16.7 Å². The van der Waals surface area contributed by atoms with Crippen LogP contribution < -0.4 is 15.6 Å². The van der Waals surface area contributed by atoms with Gasteiger partial charge in [-0.1, -0.05) is 72.8 Å². The first-order valence-corrected chi connectivity index (χ1v) is 16.0. The normalized spacial score (nSPS) is 12.2. The zero-order valence-electron chi connectivity index (χ0n) is 21.6. The van der Waals surface area contributed by atoms with E-state index in [9.17, 15) is 0 Å². The zero-order valence-corrected chi connectivity index (χ0v) is 25.1. The van der Waals surface area contributed by atoms with Gasteiger partial charge in [-0.05, 0) is 39.2 Å². The van der Waals surface area contributed by atoms with Crippen molar-refractivity contribution in [2.75, 3.05) is 42.7 Å². The third kappa shape index (κ3) is 5.91. The SMILES string of the molecule is CO[SiH](OC)c1ccc(C(C)(c2ccc([SiH](OC)OC)cc2)c2ccc([SiH](OC)OC)cc2)cc1. The molecule has 0 saturated heterocycles. The van der Waals surface area contributed by atoms with Crippen molar-refractivity contribution < 1.29 is 26.6 Å². The van der Waals surface area contributed by atoms with Crippen LogP contribution in [0.5, 0.6) is 0 Å². The highest BCUT2D eigenvalue weighted by molar-refractivity contribution is 6.62. The Kier molecular flexibility index (Phi) is 10.2. The largest absolute Gasteiger partial charge is 0.397 e. The molecule has 0 atom stereocenters. The Morgan fingerprint density at radius 2 is 0.600 bits per heavy atom. The van der Waals surface area contributed by atoms with Crippen molar-refractivity contribution >= 4 is 43.4 Å². The molecule has 9 heteroatoms. The van der Waals surface area contributed by atoms with E-state index in [4.69, 9.17) is 26.6 Å². The first-order valence-electron chi connectivity index (χ1n) is 11.4. The van der Waals surface area contributed by atoms with Crippen molar-refractivity contribution in [3.8, 4) is 0 Å². The average Bonchev–Trinajstić information content (AvgIpc) is 2.91. The van der Waals surface area contributed by atoms with Crippen LogP contribution in [0.2, 0.25) is 0 Å². The Labute approximate surface area is 214 Å². The Bertz CT molecular complexity index is 897. The van der Waals surface area contributed by atoms with Crippen LogP contribution >= 0.6 is 0 Å². The van der Waals surface area contributed by atoms with Gasteiger partial charge in [0, 0.05) is 48.1 Å². The molecule has 188 valence electrons. The third-order valence-electron chi connectivity index (χ3n) is 6.57. The summed E-state index contributed by atoms with van der Waals surface area (Å²) in [5, 5.41) is 3.32. The lowest BCUT2D eigenvalue weighted by molar-refractivity contribution is 0.291. The second kappa shape index (κ2) is 12.9. The summed E-state index contributed by atoms with van der Waals surface area (Å²) in [7, 11) is 4.61. The summed E-state index contributed by atoms with van der Waals surface area (Å²) in [4.78, 5) is 0. The minimum Gasteiger partial charge on any atom is -0.397 e. The summed E-state index contributed by atoms with van der Waals surface area (Å²) in [6.45, 7) is 2.26. The van der Waals surface area contributed by atoms with E-state index >= 15 is 0 Å². The molecule has 0 unspecified atom stereocenters. The molecular formula is C26H36O6Si3. The van der Waals surface area contributed by atoms with E-state index in [0.29, 0.717) is 0 Å². The molecule has 6 nitrogen and oxygen atoms in total. The lowest BCUT2D eigenvalue weighted by Crippen LogP contribution is -2.37. The van der Waals surface area contributed by atoms with Gasteiger partial charge in [0.25, 0.3) is 0 Å². The van der Waals surface area contributed by atoms with E-state index in [1.54, 1.807) is 42.7 Å². The Morgan fingerprint density at radius 1 is 0.400 bits per heavy atom. The lowest BCUT2D eigenvalue weighted by Gasteiger charge is -2.33. The molecule has 0 radical (unpaired) electrons. The maximum Gasteiger partial charge on any atom is 0.355 e. The molecule has 0 saturated carbocycles. The average molecular weight is 529 g/mol. The molecule has 0 heterocycles. The van der Waals surface area contributed by atoms with Crippen molar-refractivity contribution in [2.45, 2.75) is 12.3 Å².